The van der Waals surface area contributed by atoms with Crippen LogP contribution in [0.25, 0.3) is 0 Å². The SMILES string of the molecule is Cl.Ic1ccc(CN2CCC3CNCC3C2)cc1. The fraction of sp³-hybridized carbons (Fsp3) is 0.571. The normalized spacial score (nSPS) is 27.6. The molecule has 1 aromatic carbocycles. The van der Waals surface area contributed by atoms with Gasteiger partial charge in [-0.15, -0.1) is 12.4 Å². The van der Waals surface area contributed by atoms with Crippen molar-refractivity contribution in [2.45, 2.75) is 13.0 Å². The molecule has 100 valence electrons. The van der Waals surface area contributed by atoms with Gasteiger partial charge in [0, 0.05) is 16.7 Å². The number of piperidine rings is 1. The molecular weight excluding hydrogens is 359 g/mol. The number of benzene rings is 1. The van der Waals surface area contributed by atoms with E-state index < -0.39 is 0 Å². The molecule has 2 aliphatic heterocycles. The molecule has 0 bridgehead atoms. The first-order valence-electron chi connectivity index (χ1n) is 6.49. The maximum atomic E-state index is 3.53. The Bertz CT molecular complexity index is 382. The summed E-state index contributed by atoms with van der Waals surface area (Å²) in [7, 11) is 0. The van der Waals surface area contributed by atoms with Gasteiger partial charge in [-0.1, -0.05) is 12.1 Å². The molecule has 0 saturated carbocycles. The van der Waals surface area contributed by atoms with E-state index in [4.69, 9.17) is 0 Å². The fourth-order valence-corrected chi connectivity index (χ4v) is 3.46. The Morgan fingerprint density at radius 3 is 2.67 bits per heavy atom. The van der Waals surface area contributed by atoms with E-state index in [0.29, 0.717) is 0 Å². The molecule has 1 aromatic rings. The fourth-order valence-electron chi connectivity index (χ4n) is 3.10. The third-order valence-electron chi connectivity index (χ3n) is 4.11. The average molecular weight is 379 g/mol. The van der Waals surface area contributed by atoms with Crippen molar-refractivity contribution >= 4 is 35.0 Å². The first-order chi connectivity index (χ1) is 8.31. The molecule has 3 rings (SSSR count). The molecule has 18 heavy (non-hydrogen) atoms. The summed E-state index contributed by atoms with van der Waals surface area (Å²) < 4.78 is 1.32. The summed E-state index contributed by atoms with van der Waals surface area (Å²) in [6.45, 7) is 6.16. The van der Waals surface area contributed by atoms with Gasteiger partial charge in [0.25, 0.3) is 0 Å². The Morgan fingerprint density at radius 2 is 1.89 bits per heavy atom. The van der Waals surface area contributed by atoms with Gasteiger partial charge >= 0.3 is 0 Å². The molecule has 2 aliphatic rings. The highest BCUT2D eigenvalue weighted by Crippen LogP contribution is 2.27. The lowest BCUT2D eigenvalue weighted by molar-refractivity contribution is 0.142. The molecule has 2 nitrogen and oxygen atoms in total. The predicted molar refractivity (Wildman–Crippen MR) is 86.2 cm³/mol. The molecule has 0 amide bonds. The van der Waals surface area contributed by atoms with E-state index in [1.165, 1.54) is 41.7 Å². The van der Waals surface area contributed by atoms with Gasteiger partial charge < -0.3 is 5.32 Å². The Morgan fingerprint density at radius 1 is 1.17 bits per heavy atom. The van der Waals surface area contributed by atoms with E-state index >= 15 is 0 Å². The minimum atomic E-state index is 0. The lowest BCUT2D eigenvalue weighted by Gasteiger charge is -2.34. The monoisotopic (exact) mass is 378 g/mol. The highest BCUT2D eigenvalue weighted by Gasteiger charge is 2.32. The average Bonchev–Trinajstić information content (AvgIpc) is 2.79. The first kappa shape index (κ1) is 14.6. The van der Waals surface area contributed by atoms with Gasteiger partial charge in [-0.25, -0.2) is 0 Å². The number of likely N-dealkylation sites (tertiary alicyclic amines) is 1. The minimum absolute atomic E-state index is 0. The van der Waals surface area contributed by atoms with Crippen molar-refractivity contribution < 1.29 is 0 Å². The van der Waals surface area contributed by atoms with Crippen LogP contribution >= 0.6 is 35.0 Å². The van der Waals surface area contributed by atoms with E-state index in [2.05, 4.69) is 57.1 Å². The molecule has 2 saturated heterocycles. The topological polar surface area (TPSA) is 15.3 Å². The molecule has 0 aliphatic carbocycles. The zero-order valence-electron chi connectivity index (χ0n) is 10.4. The third-order valence-corrected chi connectivity index (χ3v) is 4.83. The summed E-state index contributed by atoms with van der Waals surface area (Å²) >= 11 is 2.37. The van der Waals surface area contributed by atoms with Crippen LogP contribution in [0.5, 0.6) is 0 Å². The van der Waals surface area contributed by atoms with Gasteiger partial charge in [0.2, 0.25) is 0 Å². The van der Waals surface area contributed by atoms with Crippen molar-refractivity contribution in [3.63, 3.8) is 0 Å². The lowest BCUT2D eigenvalue weighted by atomic mass is 9.88. The van der Waals surface area contributed by atoms with Crippen LogP contribution in [0.1, 0.15) is 12.0 Å². The molecule has 2 unspecified atom stereocenters. The van der Waals surface area contributed by atoms with E-state index in [0.717, 1.165) is 18.4 Å². The summed E-state index contributed by atoms with van der Waals surface area (Å²) in [6.07, 6.45) is 1.38. The van der Waals surface area contributed by atoms with Crippen molar-refractivity contribution in [2.75, 3.05) is 26.2 Å². The van der Waals surface area contributed by atoms with Crippen LogP contribution in [0.15, 0.2) is 24.3 Å². The van der Waals surface area contributed by atoms with Crippen LogP contribution in [-0.4, -0.2) is 31.1 Å². The Kier molecular flexibility index (Phi) is 5.30. The summed E-state index contributed by atoms with van der Waals surface area (Å²) in [5.41, 5.74) is 1.45. The predicted octanol–water partition coefficient (Wildman–Crippen LogP) is 2.75. The second kappa shape index (κ2) is 6.55. The first-order valence-corrected chi connectivity index (χ1v) is 7.56. The molecule has 0 aromatic heterocycles. The number of fused-ring (bicyclic) bond motifs is 1. The Labute approximate surface area is 129 Å². The zero-order valence-corrected chi connectivity index (χ0v) is 13.4. The highest BCUT2D eigenvalue weighted by atomic mass is 127. The Balaban J connectivity index is 0.00000120. The summed E-state index contributed by atoms with van der Waals surface area (Å²) in [5.74, 6) is 1.84. The van der Waals surface area contributed by atoms with E-state index in [9.17, 15) is 0 Å². The van der Waals surface area contributed by atoms with Gasteiger partial charge in [-0.2, -0.15) is 0 Å². The van der Waals surface area contributed by atoms with Gasteiger partial charge in [-0.05, 0) is 78.2 Å². The van der Waals surface area contributed by atoms with Crippen molar-refractivity contribution in [1.82, 2.24) is 10.2 Å². The lowest BCUT2D eigenvalue weighted by Crippen LogP contribution is -2.39. The summed E-state index contributed by atoms with van der Waals surface area (Å²) in [4.78, 5) is 2.62. The number of nitrogens with zero attached hydrogens (tertiary/aromatic N) is 1. The summed E-state index contributed by atoms with van der Waals surface area (Å²) in [6, 6.07) is 8.95. The Hall–Kier alpha value is 0.160. The molecule has 1 N–H and O–H groups in total. The maximum absolute atomic E-state index is 3.53. The van der Waals surface area contributed by atoms with Gasteiger partial charge in [-0.3, -0.25) is 4.90 Å². The molecule has 2 fully saturated rings. The van der Waals surface area contributed by atoms with Crippen LogP contribution in [0.3, 0.4) is 0 Å². The quantitative estimate of drug-likeness (QED) is 0.796. The van der Waals surface area contributed by atoms with E-state index in [1.807, 2.05) is 0 Å². The minimum Gasteiger partial charge on any atom is -0.316 e. The second-order valence-electron chi connectivity index (χ2n) is 5.33. The van der Waals surface area contributed by atoms with Crippen LogP contribution in [0.4, 0.5) is 0 Å². The van der Waals surface area contributed by atoms with Gasteiger partial charge in [0.15, 0.2) is 0 Å². The third kappa shape index (κ3) is 3.38. The van der Waals surface area contributed by atoms with Gasteiger partial charge in [0.1, 0.15) is 0 Å². The van der Waals surface area contributed by atoms with Crippen LogP contribution in [0.2, 0.25) is 0 Å². The largest absolute Gasteiger partial charge is 0.316 e. The second-order valence-corrected chi connectivity index (χ2v) is 6.57. The maximum Gasteiger partial charge on any atom is 0.0233 e. The molecule has 2 heterocycles. The highest BCUT2D eigenvalue weighted by molar-refractivity contribution is 14.1. The number of hydrogen-bond acceptors (Lipinski definition) is 2. The molecule has 2 atom stereocenters. The summed E-state index contributed by atoms with van der Waals surface area (Å²) in [5, 5.41) is 3.53. The number of halogens is 2. The van der Waals surface area contributed by atoms with Gasteiger partial charge in [0.05, 0.1) is 0 Å². The van der Waals surface area contributed by atoms with Crippen molar-refractivity contribution in [1.29, 1.82) is 0 Å². The van der Waals surface area contributed by atoms with E-state index in [1.54, 1.807) is 0 Å². The van der Waals surface area contributed by atoms with E-state index in [-0.39, 0.29) is 12.4 Å². The van der Waals surface area contributed by atoms with Crippen LogP contribution < -0.4 is 5.32 Å². The van der Waals surface area contributed by atoms with Crippen molar-refractivity contribution in [2.24, 2.45) is 11.8 Å². The number of rotatable bonds is 2. The molecule has 0 radical (unpaired) electrons. The van der Waals surface area contributed by atoms with Crippen LogP contribution in [0, 0.1) is 15.4 Å². The molecular formula is C14H20ClIN2. The smallest absolute Gasteiger partial charge is 0.0233 e. The van der Waals surface area contributed by atoms with Crippen LogP contribution in [-0.2, 0) is 6.54 Å². The van der Waals surface area contributed by atoms with Crippen molar-refractivity contribution in [3.8, 4) is 0 Å². The van der Waals surface area contributed by atoms with Crippen molar-refractivity contribution in [3.05, 3.63) is 33.4 Å². The standard InChI is InChI=1S/C14H19IN2.ClH/c15-14-3-1-11(2-4-14)9-17-6-5-12-7-16-8-13(12)10-17;/h1-4,12-13,16H,5-10H2;1H. The zero-order chi connectivity index (χ0) is 11.7. The number of nitrogens with one attached hydrogen (secondary N) is 1. The molecule has 0 spiro atoms. The molecule has 4 heteroatoms. The number of hydrogen-bond donors (Lipinski definition) is 1.